The van der Waals surface area contributed by atoms with Gasteiger partial charge < -0.3 is 15.8 Å². The second-order valence-corrected chi connectivity index (χ2v) is 4.19. The van der Waals surface area contributed by atoms with Gasteiger partial charge in [0, 0.05) is 7.11 Å². The number of benzene rings is 1. The van der Waals surface area contributed by atoms with Crippen molar-refractivity contribution in [3.8, 4) is 0 Å². The number of rotatable bonds is 4. The standard InChI is InChI=1S/C12H14N4O4/c1-20-5-7(13)11(18)14-8-4-2-3-6-9(8)12(19)16-15-10(6)17/h2-4,7H,5,13H2,1H3,(H,14,18)(H,15,17)(H,16,19). The fourth-order valence-corrected chi connectivity index (χ4v) is 1.81. The van der Waals surface area contributed by atoms with Crippen molar-refractivity contribution in [3.05, 3.63) is 38.9 Å². The quantitative estimate of drug-likeness (QED) is 0.577. The SMILES string of the molecule is COCC(N)C(=O)Nc1cccc2c(=O)[nH][nH]c(=O)c12. The van der Waals surface area contributed by atoms with Gasteiger partial charge in [0.2, 0.25) is 5.91 Å². The Morgan fingerprint density at radius 3 is 2.75 bits per heavy atom. The van der Waals surface area contributed by atoms with Crippen molar-refractivity contribution in [1.29, 1.82) is 0 Å². The van der Waals surface area contributed by atoms with Gasteiger partial charge in [-0.15, -0.1) is 0 Å². The molecule has 0 aliphatic heterocycles. The summed E-state index contributed by atoms with van der Waals surface area (Å²) >= 11 is 0. The highest BCUT2D eigenvalue weighted by Crippen LogP contribution is 2.16. The highest BCUT2D eigenvalue weighted by atomic mass is 16.5. The van der Waals surface area contributed by atoms with E-state index >= 15 is 0 Å². The number of H-pyrrole nitrogens is 2. The summed E-state index contributed by atoms with van der Waals surface area (Å²) in [6, 6.07) is 3.72. The van der Waals surface area contributed by atoms with Crippen LogP contribution in [0.1, 0.15) is 0 Å². The Balaban J connectivity index is 2.46. The number of ether oxygens (including phenoxy) is 1. The third kappa shape index (κ3) is 2.60. The maximum absolute atomic E-state index is 11.8. The van der Waals surface area contributed by atoms with Crippen LogP contribution in [0, 0.1) is 0 Å². The van der Waals surface area contributed by atoms with Crippen molar-refractivity contribution in [2.45, 2.75) is 6.04 Å². The molecule has 0 radical (unpaired) electrons. The Hall–Kier alpha value is -2.45. The molecule has 0 saturated carbocycles. The van der Waals surface area contributed by atoms with Crippen LogP contribution in [0.3, 0.4) is 0 Å². The number of amides is 1. The summed E-state index contributed by atoms with van der Waals surface area (Å²) in [7, 11) is 1.43. The number of nitrogens with one attached hydrogen (secondary N) is 3. The van der Waals surface area contributed by atoms with E-state index in [1.807, 2.05) is 0 Å². The van der Waals surface area contributed by atoms with Crippen LogP contribution in [0.4, 0.5) is 5.69 Å². The molecule has 1 atom stereocenters. The molecule has 1 unspecified atom stereocenters. The maximum atomic E-state index is 11.8. The average molecular weight is 278 g/mol. The number of nitrogens with two attached hydrogens (primary N) is 1. The van der Waals surface area contributed by atoms with Gasteiger partial charge in [-0.3, -0.25) is 24.6 Å². The van der Waals surface area contributed by atoms with Crippen LogP contribution in [0.15, 0.2) is 27.8 Å². The van der Waals surface area contributed by atoms with Crippen molar-refractivity contribution in [1.82, 2.24) is 10.2 Å². The Morgan fingerprint density at radius 1 is 1.35 bits per heavy atom. The van der Waals surface area contributed by atoms with E-state index in [1.165, 1.54) is 19.2 Å². The third-order valence-electron chi connectivity index (χ3n) is 2.77. The molecule has 8 nitrogen and oxygen atoms in total. The smallest absolute Gasteiger partial charge is 0.272 e. The number of hydrogen-bond acceptors (Lipinski definition) is 5. The van der Waals surface area contributed by atoms with Gasteiger partial charge >= 0.3 is 0 Å². The molecule has 0 fully saturated rings. The number of aromatic amines is 2. The fourth-order valence-electron chi connectivity index (χ4n) is 1.81. The van der Waals surface area contributed by atoms with Crippen LogP contribution in [-0.4, -0.2) is 35.9 Å². The van der Waals surface area contributed by atoms with Crippen molar-refractivity contribution in [3.63, 3.8) is 0 Å². The number of carbonyl (C=O) groups excluding carboxylic acids is 1. The summed E-state index contributed by atoms with van der Waals surface area (Å²) in [5.74, 6) is -0.501. The molecule has 5 N–H and O–H groups in total. The van der Waals surface area contributed by atoms with E-state index < -0.39 is 23.1 Å². The van der Waals surface area contributed by atoms with Gasteiger partial charge in [0.1, 0.15) is 6.04 Å². The summed E-state index contributed by atoms with van der Waals surface area (Å²) in [5, 5.41) is 7.24. The molecule has 8 heteroatoms. The van der Waals surface area contributed by atoms with E-state index in [9.17, 15) is 14.4 Å². The lowest BCUT2D eigenvalue weighted by Crippen LogP contribution is -2.39. The van der Waals surface area contributed by atoms with Gasteiger partial charge in [0.05, 0.1) is 23.1 Å². The molecule has 2 rings (SSSR count). The zero-order chi connectivity index (χ0) is 14.7. The number of carbonyl (C=O) groups is 1. The molecule has 0 saturated heterocycles. The van der Waals surface area contributed by atoms with Crippen LogP contribution >= 0.6 is 0 Å². The normalized spacial score (nSPS) is 12.3. The lowest BCUT2D eigenvalue weighted by molar-refractivity contribution is -0.118. The molecule has 0 bridgehead atoms. The lowest BCUT2D eigenvalue weighted by Gasteiger charge is -2.12. The van der Waals surface area contributed by atoms with Crippen molar-refractivity contribution in [2.24, 2.45) is 5.73 Å². The summed E-state index contributed by atoms with van der Waals surface area (Å²) in [6.07, 6.45) is 0. The highest BCUT2D eigenvalue weighted by Gasteiger charge is 2.16. The summed E-state index contributed by atoms with van der Waals surface area (Å²) in [4.78, 5) is 35.2. The van der Waals surface area contributed by atoms with E-state index in [4.69, 9.17) is 10.5 Å². The first-order chi connectivity index (χ1) is 9.54. The first-order valence-electron chi connectivity index (χ1n) is 5.83. The number of hydrogen-bond donors (Lipinski definition) is 4. The number of anilines is 1. The molecule has 0 spiro atoms. The molecule has 1 heterocycles. The van der Waals surface area contributed by atoms with E-state index in [-0.39, 0.29) is 23.1 Å². The zero-order valence-electron chi connectivity index (χ0n) is 10.7. The predicted octanol–water partition coefficient (Wildman–Crippen LogP) is -0.871. The van der Waals surface area contributed by atoms with E-state index in [0.29, 0.717) is 0 Å². The molecular formula is C12H14N4O4. The minimum absolute atomic E-state index is 0.0491. The first-order valence-corrected chi connectivity index (χ1v) is 5.83. The van der Waals surface area contributed by atoms with Crippen LogP contribution in [-0.2, 0) is 9.53 Å². The molecule has 1 aromatic heterocycles. The first kappa shape index (κ1) is 14.0. The number of fused-ring (bicyclic) bond motifs is 1. The van der Waals surface area contributed by atoms with Crippen molar-refractivity contribution >= 4 is 22.4 Å². The average Bonchev–Trinajstić information content (AvgIpc) is 2.43. The van der Waals surface area contributed by atoms with Crippen LogP contribution in [0.5, 0.6) is 0 Å². The summed E-state index contributed by atoms with van der Waals surface area (Å²) in [6.45, 7) is 0.0491. The van der Waals surface area contributed by atoms with Gasteiger partial charge in [-0.1, -0.05) is 6.07 Å². The molecule has 2 aromatic rings. The molecule has 106 valence electrons. The lowest BCUT2D eigenvalue weighted by atomic mass is 10.1. The van der Waals surface area contributed by atoms with E-state index in [0.717, 1.165) is 0 Å². The molecule has 0 aliphatic rings. The Kier molecular flexibility index (Phi) is 3.97. The van der Waals surface area contributed by atoms with E-state index in [1.54, 1.807) is 6.07 Å². The summed E-state index contributed by atoms with van der Waals surface area (Å²) in [5.41, 5.74) is 4.87. The van der Waals surface area contributed by atoms with Gasteiger partial charge in [0.25, 0.3) is 11.1 Å². The van der Waals surface area contributed by atoms with Crippen LogP contribution in [0.25, 0.3) is 10.8 Å². The Morgan fingerprint density at radius 2 is 2.05 bits per heavy atom. The molecule has 1 amide bonds. The van der Waals surface area contributed by atoms with Gasteiger partial charge in [0.15, 0.2) is 0 Å². The third-order valence-corrected chi connectivity index (χ3v) is 2.77. The number of aromatic nitrogens is 2. The molecular weight excluding hydrogens is 264 g/mol. The minimum Gasteiger partial charge on any atom is -0.383 e. The van der Waals surface area contributed by atoms with Gasteiger partial charge in [-0.2, -0.15) is 0 Å². The molecule has 20 heavy (non-hydrogen) atoms. The fraction of sp³-hybridized carbons (Fsp3) is 0.250. The largest absolute Gasteiger partial charge is 0.383 e. The zero-order valence-corrected chi connectivity index (χ0v) is 10.7. The van der Waals surface area contributed by atoms with Gasteiger partial charge in [-0.05, 0) is 12.1 Å². The molecule has 1 aromatic carbocycles. The summed E-state index contributed by atoms with van der Waals surface area (Å²) < 4.78 is 4.78. The Bertz CT molecular complexity index is 749. The predicted molar refractivity (Wildman–Crippen MR) is 73.7 cm³/mol. The van der Waals surface area contributed by atoms with Crippen LogP contribution in [0.2, 0.25) is 0 Å². The topological polar surface area (TPSA) is 130 Å². The van der Waals surface area contributed by atoms with E-state index in [2.05, 4.69) is 15.5 Å². The minimum atomic E-state index is -0.865. The second kappa shape index (κ2) is 5.68. The highest BCUT2D eigenvalue weighted by molar-refractivity contribution is 6.03. The van der Waals surface area contributed by atoms with Crippen LogP contribution < -0.4 is 22.2 Å². The van der Waals surface area contributed by atoms with Gasteiger partial charge in [-0.25, -0.2) is 0 Å². The Labute approximate surface area is 112 Å². The maximum Gasteiger partial charge on any atom is 0.272 e. The van der Waals surface area contributed by atoms with Crippen molar-refractivity contribution < 1.29 is 9.53 Å². The number of methoxy groups -OCH3 is 1. The van der Waals surface area contributed by atoms with Crippen molar-refractivity contribution in [2.75, 3.05) is 19.0 Å². The monoisotopic (exact) mass is 278 g/mol. The molecule has 0 aliphatic carbocycles. The second-order valence-electron chi connectivity index (χ2n) is 4.19.